The molecule has 1 N–H and O–H groups in total. The molecule has 1 atom stereocenters. The van der Waals surface area contributed by atoms with Crippen molar-refractivity contribution >= 4 is 18.1 Å². The van der Waals surface area contributed by atoms with E-state index >= 15 is 0 Å². The molecule has 2 rings (SSSR count). The number of nitrogens with one attached hydrogen (secondary N) is 1. The number of carbonyl (C=O) groups is 3. The van der Waals surface area contributed by atoms with Gasteiger partial charge in [0.1, 0.15) is 17.8 Å². The zero-order valence-electron chi connectivity index (χ0n) is 17.7. The summed E-state index contributed by atoms with van der Waals surface area (Å²) in [4.78, 5) is 38.5. The number of halogens is 1. The second kappa shape index (κ2) is 10.6. The van der Waals surface area contributed by atoms with Crippen molar-refractivity contribution in [1.29, 1.82) is 0 Å². The summed E-state index contributed by atoms with van der Waals surface area (Å²) in [6, 6.07) is -1.03. The van der Waals surface area contributed by atoms with Crippen molar-refractivity contribution in [3.63, 3.8) is 0 Å². The van der Waals surface area contributed by atoms with E-state index in [0.717, 1.165) is 25.1 Å². The van der Waals surface area contributed by atoms with Gasteiger partial charge in [0.15, 0.2) is 5.69 Å². The summed E-state index contributed by atoms with van der Waals surface area (Å²) in [5, 5.41) is 2.62. The van der Waals surface area contributed by atoms with Crippen molar-refractivity contribution in [2.75, 3.05) is 20.2 Å². The van der Waals surface area contributed by atoms with Crippen LogP contribution in [0.4, 0.5) is 9.59 Å². The number of amides is 2. The fourth-order valence-corrected chi connectivity index (χ4v) is 3.07. The Labute approximate surface area is 182 Å². The van der Waals surface area contributed by atoms with Crippen molar-refractivity contribution in [2.45, 2.75) is 65.1 Å². The van der Waals surface area contributed by atoms with Gasteiger partial charge in [0.25, 0.3) is 6.33 Å². The minimum absolute atomic E-state index is 0. The first-order valence-electron chi connectivity index (χ1n) is 9.62. The Hall–Kier alpha value is -2.10. The number of nitrogens with zero attached hydrogens (tertiary/aromatic N) is 3. The molecular formula is C19H31BrN4O5. The zero-order chi connectivity index (χ0) is 20.9. The Bertz CT molecular complexity index is 729. The van der Waals surface area contributed by atoms with Crippen LogP contribution < -0.4 is 26.9 Å². The molecule has 0 spiro atoms. The second-order valence-electron chi connectivity index (χ2n) is 7.85. The van der Waals surface area contributed by atoms with Crippen molar-refractivity contribution < 1.29 is 45.4 Å². The fraction of sp³-hybridized carbons (Fsp3) is 0.684. The van der Waals surface area contributed by atoms with E-state index in [4.69, 9.17) is 9.47 Å². The van der Waals surface area contributed by atoms with Gasteiger partial charge < -0.3 is 31.8 Å². The Morgan fingerprint density at radius 3 is 2.62 bits per heavy atom. The highest BCUT2D eigenvalue weighted by Crippen LogP contribution is 2.18. The number of ether oxygens (including phenoxy) is 2. The topological polar surface area (TPSA) is 93.8 Å². The Kier molecular flexibility index (Phi) is 9.13. The van der Waals surface area contributed by atoms with E-state index in [1.807, 2.05) is 10.8 Å². The molecule has 29 heavy (non-hydrogen) atoms. The Morgan fingerprint density at radius 2 is 2.03 bits per heavy atom. The number of alkyl carbamates (subject to hydrolysis) is 1. The SMILES string of the molecule is CCCC[n+]1cc2n(c1)C(=O)N(CCNC(=O)OC(C)(C)C)[C@H](C(=O)OC)C2.[Br-]. The number of aryl methyl sites for hydroxylation is 1. The van der Waals surface area contributed by atoms with Crippen LogP contribution in [0.3, 0.4) is 0 Å². The number of methoxy groups -OCH3 is 1. The van der Waals surface area contributed by atoms with E-state index in [2.05, 4.69) is 12.2 Å². The van der Waals surface area contributed by atoms with Gasteiger partial charge in [-0.2, -0.15) is 0 Å². The normalized spacial score (nSPS) is 16.0. The lowest BCUT2D eigenvalue weighted by atomic mass is 10.1. The molecule has 0 radical (unpaired) electrons. The van der Waals surface area contributed by atoms with Gasteiger partial charge in [-0.3, -0.25) is 4.90 Å². The highest BCUT2D eigenvalue weighted by molar-refractivity contribution is 5.87. The summed E-state index contributed by atoms with van der Waals surface area (Å²) in [5.74, 6) is -0.474. The summed E-state index contributed by atoms with van der Waals surface area (Å²) in [7, 11) is 1.30. The molecule has 1 aliphatic rings. The van der Waals surface area contributed by atoms with Crippen molar-refractivity contribution in [3.8, 4) is 0 Å². The van der Waals surface area contributed by atoms with Gasteiger partial charge in [-0.25, -0.2) is 19.0 Å². The van der Waals surface area contributed by atoms with E-state index < -0.39 is 23.7 Å². The smallest absolute Gasteiger partial charge is 0.416 e. The van der Waals surface area contributed by atoms with E-state index in [-0.39, 0.29) is 36.1 Å². The maximum atomic E-state index is 13.0. The number of esters is 1. The summed E-state index contributed by atoms with van der Waals surface area (Å²) in [6.45, 7) is 8.58. The largest absolute Gasteiger partial charge is 1.00 e. The zero-order valence-corrected chi connectivity index (χ0v) is 19.3. The Balaban J connectivity index is 0.00000420. The molecule has 0 fully saturated rings. The van der Waals surface area contributed by atoms with Gasteiger partial charge in [0.2, 0.25) is 0 Å². The van der Waals surface area contributed by atoms with Crippen LogP contribution in [0, 0.1) is 0 Å². The first-order valence-corrected chi connectivity index (χ1v) is 9.62. The molecule has 0 saturated carbocycles. The number of hydrogen-bond acceptors (Lipinski definition) is 5. The van der Waals surface area contributed by atoms with Gasteiger partial charge in [0.05, 0.1) is 13.7 Å². The summed E-state index contributed by atoms with van der Waals surface area (Å²) >= 11 is 0. The molecule has 0 unspecified atom stereocenters. The van der Waals surface area contributed by atoms with Gasteiger partial charge in [-0.1, -0.05) is 13.3 Å². The first-order chi connectivity index (χ1) is 13.2. The highest BCUT2D eigenvalue weighted by Gasteiger charge is 2.41. The number of aromatic nitrogens is 2. The quantitative estimate of drug-likeness (QED) is 0.382. The molecule has 1 aromatic rings. The number of unbranched alkanes of at least 4 members (excludes halogenated alkanes) is 1. The minimum atomic E-state index is -0.722. The average Bonchev–Trinajstić information content (AvgIpc) is 3.02. The molecule has 10 heteroatoms. The maximum Gasteiger partial charge on any atom is 0.416 e. The molecule has 0 aliphatic carbocycles. The highest BCUT2D eigenvalue weighted by atomic mass is 79.9. The molecule has 9 nitrogen and oxygen atoms in total. The van der Waals surface area contributed by atoms with Crippen molar-refractivity contribution in [2.24, 2.45) is 0 Å². The second-order valence-corrected chi connectivity index (χ2v) is 7.85. The van der Waals surface area contributed by atoms with E-state index in [0.29, 0.717) is 6.42 Å². The molecular weight excluding hydrogens is 444 g/mol. The third kappa shape index (κ3) is 6.73. The van der Waals surface area contributed by atoms with Gasteiger partial charge >= 0.3 is 18.1 Å². The first kappa shape index (κ1) is 24.9. The minimum Gasteiger partial charge on any atom is -1.00 e. The average molecular weight is 475 g/mol. The molecule has 0 aromatic carbocycles. The Morgan fingerprint density at radius 1 is 1.34 bits per heavy atom. The predicted octanol–water partition coefficient (Wildman–Crippen LogP) is -1.53. The molecule has 2 heterocycles. The van der Waals surface area contributed by atoms with Gasteiger partial charge in [0, 0.05) is 19.5 Å². The molecule has 2 amide bonds. The van der Waals surface area contributed by atoms with Crippen LogP contribution in [0.2, 0.25) is 0 Å². The fourth-order valence-electron chi connectivity index (χ4n) is 3.07. The van der Waals surface area contributed by atoms with E-state index in [9.17, 15) is 14.4 Å². The molecule has 0 saturated heterocycles. The van der Waals surface area contributed by atoms with Crippen LogP contribution in [0.5, 0.6) is 0 Å². The molecule has 1 aromatic heterocycles. The standard InChI is InChI=1S/C19H30N4O5.BrH/c1-6-7-9-21-12-14-11-15(16(24)27-5)22(18(26)23(14)13-21)10-8-20-17(25)28-19(2,3)4;/h12-13,15H,6-11H2,1-5H3;1H/t15-;/m0./s1. The molecule has 1 aliphatic heterocycles. The van der Waals surface area contributed by atoms with E-state index in [1.165, 1.54) is 12.0 Å². The lowest BCUT2D eigenvalue weighted by molar-refractivity contribution is -0.696. The van der Waals surface area contributed by atoms with Crippen molar-refractivity contribution in [1.82, 2.24) is 14.8 Å². The monoisotopic (exact) mass is 474 g/mol. The van der Waals surface area contributed by atoms with Crippen LogP contribution >= 0.6 is 0 Å². The van der Waals surface area contributed by atoms with Crippen LogP contribution in [0.1, 0.15) is 46.2 Å². The van der Waals surface area contributed by atoms with Crippen LogP contribution in [-0.2, 0) is 27.2 Å². The number of rotatable bonds is 7. The molecule has 0 bridgehead atoms. The summed E-state index contributed by atoms with van der Waals surface area (Å²) in [5.41, 5.74) is 0.166. The van der Waals surface area contributed by atoms with Crippen LogP contribution in [0.15, 0.2) is 12.5 Å². The van der Waals surface area contributed by atoms with Gasteiger partial charge in [-0.05, 0) is 27.2 Å². The lowest BCUT2D eigenvalue weighted by Gasteiger charge is -2.31. The third-order valence-electron chi connectivity index (χ3n) is 4.38. The van der Waals surface area contributed by atoms with Crippen LogP contribution in [0.25, 0.3) is 0 Å². The molecule has 164 valence electrons. The van der Waals surface area contributed by atoms with Crippen molar-refractivity contribution in [3.05, 3.63) is 18.2 Å². The number of carbonyl (C=O) groups excluding carboxylic acids is 3. The summed E-state index contributed by atoms with van der Waals surface area (Å²) < 4.78 is 13.6. The number of hydrogen-bond donors (Lipinski definition) is 1. The number of fused-ring (bicyclic) bond motifs is 1. The summed E-state index contributed by atoms with van der Waals surface area (Å²) in [6.07, 6.45) is 5.52. The number of imidazole rings is 1. The maximum absolute atomic E-state index is 13.0. The third-order valence-corrected chi connectivity index (χ3v) is 4.38. The van der Waals surface area contributed by atoms with Crippen LogP contribution in [-0.4, -0.2) is 59.4 Å². The lowest BCUT2D eigenvalue weighted by Crippen LogP contribution is -3.00. The predicted molar refractivity (Wildman–Crippen MR) is 101 cm³/mol. The van der Waals surface area contributed by atoms with E-state index in [1.54, 1.807) is 31.7 Å². The van der Waals surface area contributed by atoms with Gasteiger partial charge in [-0.15, -0.1) is 4.57 Å².